The van der Waals surface area contributed by atoms with Crippen LogP contribution in [0.5, 0.6) is 17.2 Å². The predicted molar refractivity (Wildman–Crippen MR) is 142 cm³/mol. The minimum absolute atomic E-state index is 0.0473. The molecule has 1 aliphatic heterocycles. The number of rotatable bonds is 7. The number of aromatic nitrogens is 1. The van der Waals surface area contributed by atoms with Gasteiger partial charge in [-0.1, -0.05) is 29.5 Å². The Kier molecular flexibility index (Phi) is 6.54. The average Bonchev–Trinajstić information content (AvgIpc) is 3.46. The Morgan fingerprint density at radius 1 is 1.00 bits per heavy atom. The summed E-state index contributed by atoms with van der Waals surface area (Å²) in [6.07, 6.45) is 0. The molecule has 1 saturated heterocycles. The molecule has 4 aromatic rings. The van der Waals surface area contributed by atoms with Gasteiger partial charge in [0.2, 0.25) is 0 Å². The number of anilines is 1. The second-order valence-corrected chi connectivity index (χ2v) is 9.21. The molecule has 0 radical (unpaired) electrons. The lowest BCUT2D eigenvalue weighted by molar-refractivity contribution is -0.132. The van der Waals surface area contributed by atoms with Crippen LogP contribution in [0.15, 0.2) is 72.3 Å². The number of aliphatic hydroxyl groups is 1. The van der Waals surface area contributed by atoms with Crippen molar-refractivity contribution in [2.75, 3.05) is 25.7 Å². The second-order valence-electron chi connectivity index (χ2n) is 8.20. The number of Topliss-reactive ketones (excluding diaryl/α,β-unsaturated/α-hetero) is 1. The van der Waals surface area contributed by atoms with Crippen LogP contribution in [0.25, 0.3) is 16.0 Å². The van der Waals surface area contributed by atoms with Crippen molar-refractivity contribution in [1.82, 2.24) is 4.98 Å². The first kappa shape index (κ1) is 24.3. The van der Waals surface area contributed by atoms with Crippen LogP contribution in [0, 0.1) is 0 Å². The van der Waals surface area contributed by atoms with E-state index < -0.39 is 17.7 Å². The topological polar surface area (TPSA) is 98.2 Å². The maximum Gasteiger partial charge on any atom is 0.301 e. The predicted octanol–water partition coefficient (Wildman–Crippen LogP) is 5.34. The van der Waals surface area contributed by atoms with E-state index in [-0.39, 0.29) is 11.3 Å². The van der Waals surface area contributed by atoms with Crippen LogP contribution in [-0.4, -0.2) is 42.6 Å². The number of aliphatic hydroxyl groups excluding tert-OH is 1. The molecular formula is C28H24N2O6S. The molecule has 1 N–H and O–H groups in total. The summed E-state index contributed by atoms with van der Waals surface area (Å²) >= 11 is 1.27. The van der Waals surface area contributed by atoms with Gasteiger partial charge in [0.05, 0.1) is 36.6 Å². The Morgan fingerprint density at radius 2 is 1.73 bits per heavy atom. The number of thiazole rings is 1. The van der Waals surface area contributed by atoms with E-state index in [9.17, 15) is 14.7 Å². The van der Waals surface area contributed by atoms with E-state index in [0.29, 0.717) is 45.6 Å². The summed E-state index contributed by atoms with van der Waals surface area (Å²) in [5, 5.41) is 11.7. The van der Waals surface area contributed by atoms with E-state index in [2.05, 4.69) is 4.98 Å². The van der Waals surface area contributed by atoms with E-state index in [1.807, 2.05) is 25.1 Å². The number of carbonyl (C=O) groups is 2. The standard InChI is InChI=1S/C28H24N2O6S/c1-4-36-18-13-14-20-22(15-18)37-28(29-20)30-24(19-7-5-6-8-21(19)35-3)23(26(32)27(30)33)25(31)16-9-11-17(34-2)12-10-16/h5-15,24,31H,4H2,1-3H3/b25-23+. The van der Waals surface area contributed by atoms with Gasteiger partial charge in [-0.05, 0) is 55.5 Å². The fourth-order valence-corrected chi connectivity index (χ4v) is 5.39. The molecule has 9 heteroatoms. The highest BCUT2D eigenvalue weighted by Crippen LogP contribution is 2.46. The molecule has 8 nitrogen and oxygen atoms in total. The molecule has 2 heterocycles. The van der Waals surface area contributed by atoms with Crippen LogP contribution in [0.3, 0.4) is 0 Å². The zero-order chi connectivity index (χ0) is 26.1. The van der Waals surface area contributed by atoms with Crippen LogP contribution in [0.4, 0.5) is 5.13 Å². The Labute approximate surface area is 217 Å². The Morgan fingerprint density at radius 3 is 2.43 bits per heavy atom. The Bertz CT molecular complexity index is 1530. The van der Waals surface area contributed by atoms with E-state index in [1.54, 1.807) is 48.5 Å². The molecule has 0 saturated carbocycles. The minimum Gasteiger partial charge on any atom is -0.507 e. The van der Waals surface area contributed by atoms with Gasteiger partial charge in [-0.15, -0.1) is 0 Å². The molecule has 0 aliphatic carbocycles. The van der Waals surface area contributed by atoms with Gasteiger partial charge in [0.15, 0.2) is 5.13 Å². The largest absolute Gasteiger partial charge is 0.507 e. The number of hydrogen-bond donors (Lipinski definition) is 1. The molecule has 37 heavy (non-hydrogen) atoms. The van der Waals surface area contributed by atoms with E-state index in [0.717, 1.165) is 4.70 Å². The zero-order valence-corrected chi connectivity index (χ0v) is 21.2. The number of amides is 1. The van der Waals surface area contributed by atoms with Gasteiger partial charge in [0.1, 0.15) is 29.0 Å². The number of para-hydroxylation sites is 1. The van der Waals surface area contributed by atoms with E-state index in [4.69, 9.17) is 14.2 Å². The second kappa shape index (κ2) is 9.94. The van der Waals surface area contributed by atoms with Gasteiger partial charge in [0.25, 0.3) is 5.78 Å². The molecule has 188 valence electrons. The van der Waals surface area contributed by atoms with Crippen LogP contribution in [0.2, 0.25) is 0 Å². The normalized spacial score (nSPS) is 16.8. The lowest BCUT2D eigenvalue weighted by Gasteiger charge is -2.24. The quantitative estimate of drug-likeness (QED) is 0.201. The van der Waals surface area contributed by atoms with Crippen molar-refractivity contribution < 1.29 is 28.9 Å². The zero-order valence-electron chi connectivity index (χ0n) is 20.4. The summed E-state index contributed by atoms with van der Waals surface area (Å²) in [5.74, 6) is -0.125. The molecule has 1 atom stereocenters. The number of ketones is 1. The van der Waals surface area contributed by atoms with E-state index >= 15 is 0 Å². The minimum atomic E-state index is -0.954. The molecule has 0 spiro atoms. The number of nitrogens with zero attached hydrogens (tertiary/aromatic N) is 2. The third kappa shape index (κ3) is 4.27. The number of ether oxygens (including phenoxy) is 3. The molecule has 1 fully saturated rings. The highest BCUT2D eigenvalue weighted by Gasteiger charge is 2.49. The summed E-state index contributed by atoms with van der Waals surface area (Å²) in [7, 11) is 3.05. The summed E-state index contributed by atoms with van der Waals surface area (Å²) in [6.45, 7) is 2.42. The van der Waals surface area contributed by atoms with Crippen molar-refractivity contribution in [2.24, 2.45) is 0 Å². The van der Waals surface area contributed by atoms with Crippen LogP contribution >= 0.6 is 11.3 Å². The maximum absolute atomic E-state index is 13.5. The highest BCUT2D eigenvalue weighted by atomic mass is 32.1. The van der Waals surface area contributed by atoms with Crippen LogP contribution < -0.4 is 19.1 Å². The highest BCUT2D eigenvalue weighted by molar-refractivity contribution is 7.22. The number of benzene rings is 3. The van der Waals surface area contributed by atoms with Gasteiger partial charge >= 0.3 is 5.91 Å². The smallest absolute Gasteiger partial charge is 0.301 e. The lowest BCUT2D eigenvalue weighted by Crippen LogP contribution is -2.29. The fourth-order valence-electron chi connectivity index (χ4n) is 4.37. The number of hydrogen-bond acceptors (Lipinski definition) is 8. The first-order valence-corrected chi connectivity index (χ1v) is 12.4. The monoisotopic (exact) mass is 516 g/mol. The van der Waals surface area contributed by atoms with Crippen LogP contribution in [0.1, 0.15) is 24.1 Å². The van der Waals surface area contributed by atoms with Gasteiger partial charge in [0, 0.05) is 11.1 Å². The first-order valence-electron chi connectivity index (χ1n) is 11.6. The van der Waals surface area contributed by atoms with Crippen LogP contribution in [-0.2, 0) is 9.59 Å². The van der Waals surface area contributed by atoms with Gasteiger partial charge < -0.3 is 19.3 Å². The molecule has 3 aromatic carbocycles. The van der Waals surface area contributed by atoms with Crippen molar-refractivity contribution in [3.05, 3.63) is 83.4 Å². The van der Waals surface area contributed by atoms with Gasteiger partial charge in [-0.25, -0.2) is 4.98 Å². The summed E-state index contributed by atoms with van der Waals surface area (Å²) in [6, 6.07) is 18.2. The fraction of sp³-hybridized carbons (Fsp3) is 0.179. The molecule has 0 bridgehead atoms. The van der Waals surface area contributed by atoms with Crippen molar-refractivity contribution in [1.29, 1.82) is 0 Å². The number of fused-ring (bicyclic) bond motifs is 1. The van der Waals surface area contributed by atoms with Crippen molar-refractivity contribution in [3.63, 3.8) is 0 Å². The Hall–Kier alpha value is -4.37. The molecular weight excluding hydrogens is 492 g/mol. The number of methoxy groups -OCH3 is 2. The third-order valence-electron chi connectivity index (χ3n) is 6.11. The van der Waals surface area contributed by atoms with Crippen molar-refractivity contribution in [3.8, 4) is 17.2 Å². The van der Waals surface area contributed by atoms with Crippen molar-refractivity contribution in [2.45, 2.75) is 13.0 Å². The van der Waals surface area contributed by atoms with Crippen molar-refractivity contribution >= 4 is 44.1 Å². The summed E-state index contributed by atoms with van der Waals surface area (Å²) < 4.78 is 17.2. The van der Waals surface area contributed by atoms with Gasteiger partial charge in [-0.2, -0.15) is 0 Å². The van der Waals surface area contributed by atoms with E-state index in [1.165, 1.54) is 30.5 Å². The molecule has 5 rings (SSSR count). The molecule has 1 unspecified atom stereocenters. The SMILES string of the molecule is CCOc1ccc2nc(N3C(=O)C(=O)/C(=C(/O)c4ccc(OC)cc4)C3c3ccccc3OC)sc2c1. The average molecular weight is 517 g/mol. The first-order chi connectivity index (χ1) is 18.0. The van der Waals surface area contributed by atoms with Gasteiger partial charge in [-0.3, -0.25) is 14.5 Å². The molecule has 1 aromatic heterocycles. The molecule has 1 amide bonds. The summed E-state index contributed by atoms with van der Waals surface area (Å²) in [5.41, 5.74) is 1.55. The number of carbonyl (C=O) groups excluding carboxylic acids is 2. The lowest BCUT2D eigenvalue weighted by atomic mass is 9.94. The maximum atomic E-state index is 13.5. The molecule has 1 aliphatic rings. The third-order valence-corrected chi connectivity index (χ3v) is 7.12. The summed E-state index contributed by atoms with van der Waals surface area (Å²) in [4.78, 5) is 32.9. The Balaban J connectivity index is 1.71.